The van der Waals surface area contributed by atoms with Gasteiger partial charge in [0.1, 0.15) is 5.75 Å². The van der Waals surface area contributed by atoms with Gasteiger partial charge in [-0.3, -0.25) is 0 Å². The molecule has 0 saturated heterocycles. The normalized spacial score (nSPS) is 10.8. The van der Waals surface area contributed by atoms with E-state index in [1.807, 2.05) is 65.4 Å². The predicted octanol–water partition coefficient (Wildman–Crippen LogP) is 3.57. The molecule has 0 aliphatic carbocycles. The second-order valence-electron chi connectivity index (χ2n) is 5.38. The smallest absolute Gasteiger partial charge is 0.197 e. The van der Waals surface area contributed by atoms with E-state index in [4.69, 9.17) is 0 Å². The summed E-state index contributed by atoms with van der Waals surface area (Å²) in [6, 6.07) is 24.3. The summed E-state index contributed by atoms with van der Waals surface area (Å²) in [6.45, 7) is 0.654. The van der Waals surface area contributed by atoms with E-state index in [1.165, 1.54) is 0 Å². The second kappa shape index (κ2) is 8.22. The van der Waals surface area contributed by atoms with Gasteiger partial charge in [0, 0.05) is 17.7 Å². The summed E-state index contributed by atoms with van der Waals surface area (Å²) < 4.78 is 27.2. The fraction of sp³-hybridized carbons (Fsp3) is 0.105. The molecule has 0 bridgehead atoms. The zero-order valence-corrected chi connectivity index (χ0v) is 15.6. The Morgan fingerprint density at radius 2 is 1.33 bits per heavy atom. The molecule has 24 heavy (non-hydrogen) atoms. The lowest BCUT2D eigenvalue weighted by molar-refractivity contribution is -0.694. The Hall–Kier alpha value is -1.98. The van der Waals surface area contributed by atoms with Crippen LogP contribution in [0.2, 0.25) is 0 Å². The number of hydrogen-bond acceptors (Lipinski definition) is 2. The van der Waals surface area contributed by atoms with Crippen molar-refractivity contribution < 1.29 is 13.0 Å². The lowest BCUT2D eigenvalue weighted by Gasteiger charge is -2.06. The highest BCUT2D eigenvalue weighted by Crippen LogP contribution is 2.14. The molecular formula is C19H19BrNO2S+. The topological polar surface area (TPSA) is 38.0 Å². The van der Waals surface area contributed by atoms with E-state index in [2.05, 4.69) is 0 Å². The summed E-state index contributed by atoms with van der Waals surface area (Å²) in [6.07, 6.45) is 1.92. The summed E-state index contributed by atoms with van der Waals surface area (Å²) >= 11 is 0. The van der Waals surface area contributed by atoms with Crippen LogP contribution in [0, 0.1) is 0 Å². The molecule has 3 rings (SSSR count). The molecule has 0 unspecified atom stereocenters. The first kappa shape index (κ1) is 18.4. The average molecular weight is 405 g/mol. The van der Waals surface area contributed by atoms with Crippen LogP contribution in [-0.2, 0) is 22.1 Å². The van der Waals surface area contributed by atoms with Gasteiger partial charge in [-0.05, 0) is 12.1 Å². The maximum atomic E-state index is 12.6. The van der Waals surface area contributed by atoms with Gasteiger partial charge in [0.2, 0.25) is 0 Å². The fourth-order valence-electron chi connectivity index (χ4n) is 2.48. The minimum atomic E-state index is -3.35. The maximum absolute atomic E-state index is 12.6. The van der Waals surface area contributed by atoms with Crippen LogP contribution in [0.25, 0.3) is 0 Å². The van der Waals surface area contributed by atoms with Crippen molar-refractivity contribution in [2.24, 2.45) is 0 Å². The van der Waals surface area contributed by atoms with Gasteiger partial charge in [0.25, 0.3) is 0 Å². The minimum absolute atomic E-state index is 0. The van der Waals surface area contributed by atoms with Crippen LogP contribution < -0.4 is 4.57 Å². The largest absolute Gasteiger partial charge is 0.223 e. The van der Waals surface area contributed by atoms with Gasteiger partial charge in [-0.1, -0.05) is 54.6 Å². The van der Waals surface area contributed by atoms with Crippen LogP contribution >= 0.6 is 17.0 Å². The van der Waals surface area contributed by atoms with Gasteiger partial charge in [0.15, 0.2) is 28.3 Å². The molecule has 0 N–H and O–H groups in total. The van der Waals surface area contributed by atoms with E-state index >= 15 is 0 Å². The molecule has 5 heteroatoms. The second-order valence-corrected chi connectivity index (χ2v) is 7.37. The summed E-state index contributed by atoms with van der Waals surface area (Å²) in [7, 11) is -3.35. The van der Waals surface area contributed by atoms with Crippen molar-refractivity contribution in [1.82, 2.24) is 0 Å². The summed E-state index contributed by atoms with van der Waals surface area (Å²) in [5.41, 5.74) is 1.92. The third-order valence-electron chi connectivity index (χ3n) is 3.67. The quantitative estimate of drug-likeness (QED) is 0.609. The molecule has 0 aliphatic rings. The van der Waals surface area contributed by atoms with Gasteiger partial charge in [-0.25, -0.2) is 8.42 Å². The molecule has 1 heterocycles. The Bertz CT molecular complexity index is 882. The minimum Gasteiger partial charge on any atom is -0.223 e. The first-order chi connectivity index (χ1) is 11.1. The van der Waals surface area contributed by atoms with E-state index in [9.17, 15) is 8.42 Å². The average Bonchev–Trinajstić information content (AvgIpc) is 2.58. The van der Waals surface area contributed by atoms with Crippen molar-refractivity contribution in [3.8, 4) is 0 Å². The maximum Gasteiger partial charge on any atom is 0.197 e. The molecule has 3 aromatic rings. The molecule has 2 aromatic carbocycles. The third-order valence-corrected chi connectivity index (χ3v) is 5.34. The highest BCUT2D eigenvalue weighted by Gasteiger charge is 2.21. The van der Waals surface area contributed by atoms with Gasteiger partial charge in [-0.15, -0.1) is 17.0 Å². The van der Waals surface area contributed by atoms with Crippen LogP contribution in [0.15, 0.2) is 90.0 Å². The molecule has 0 radical (unpaired) electrons. The molecular weight excluding hydrogens is 386 g/mol. The molecule has 0 amide bonds. The highest BCUT2D eigenvalue weighted by atomic mass is 79.9. The summed E-state index contributed by atoms with van der Waals surface area (Å²) in [5, 5.41) is 0. The van der Waals surface area contributed by atoms with Gasteiger partial charge in [-0.2, -0.15) is 4.57 Å². The van der Waals surface area contributed by atoms with E-state index in [1.54, 1.807) is 24.3 Å². The lowest BCUT2D eigenvalue weighted by atomic mass is 10.2. The van der Waals surface area contributed by atoms with Crippen LogP contribution in [0.3, 0.4) is 0 Å². The van der Waals surface area contributed by atoms with Crippen LogP contribution in [0.4, 0.5) is 0 Å². The predicted molar refractivity (Wildman–Crippen MR) is 99.8 cm³/mol. The molecule has 124 valence electrons. The first-order valence-electron chi connectivity index (χ1n) is 7.44. The van der Waals surface area contributed by atoms with Crippen molar-refractivity contribution in [3.63, 3.8) is 0 Å². The number of sulfone groups is 1. The zero-order chi connectivity index (χ0) is 16.1. The Labute approximate surface area is 153 Å². The number of hydrogen-bond donors (Lipinski definition) is 0. The number of pyridine rings is 1. The number of benzene rings is 2. The van der Waals surface area contributed by atoms with Crippen molar-refractivity contribution in [3.05, 3.63) is 96.3 Å². The number of halogens is 1. The van der Waals surface area contributed by atoms with E-state index in [0.717, 1.165) is 11.3 Å². The fourth-order valence-corrected chi connectivity index (χ4v) is 3.87. The zero-order valence-electron chi connectivity index (χ0n) is 13.1. The Morgan fingerprint density at radius 1 is 0.750 bits per heavy atom. The SMILES string of the molecule is Br.O=S(=O)(Cc1cccc[n+]1Cc1ccccc1)c1ccccc1. The van der Waals surface area contributed by atoms with Crippen LogP contribution in [0.1, 0.15) is 11.3 Å². The van der Waals surface area contributed by atoms with Crippen molar-refractivity contribution >= 4 is 26.8 Å². The van der Waals surface area contributed by atoms with E-state index < -0.39 is 9.84 Å². The number of nitrogens with zero attached hydrogens (tertiary/aromatic N) is 1. The van der Waals surface area contributed by atoms with Gasteiger partial charge in [0.05, 0.1) is 4.90 Å². The Morgan fingerprint density at radius 3 is 2.00 bits per heavy atom. The molecule has 3 nitrogen and oxygen atoms in total. The molecule has 1 aromatic heterocycles. The first-order valence-corrected chi connectivity index (χ1v) is 9.09. The number of aromatic nitrogens is 1. The van der Waals surface area contributed by atoms with Crippen molar-refractivity contribution in [2.45, 2.75) is 17.2 Å². The van der Waals surface area contributed by atoms with Crippen molar-refractivity contribution in [1.29, 1.82) is 0 Å². The van der Waals surface area contributed by atoms with Crippen molar-refractivity contribution in [2.75, 3.05) is 0 Å². The third kappa shape index (κ3) is 4.52. The summed E-state index contributed by atoms with van der Waals surface area (Å²) in [5.74, 6) is -0.00924. The molecule has 0 atom stereocenters. The van der Waals surface area contributed by atoms with Crippen LogP contribution in [0.5, 0.6) is 0 Å². The standard InChI is InChI=1S/C19H18NO2S.BrH/c21-23(22,19-12-5-2-6-13-19)16-18-11-7-8-14-20(18)15-17-9-3-1-4-10-17;/h1-14H,15-16H2;1H/q+1;. The Kier molecular flexibility index (Phi) is 6.29. The number of rotatable bonds is 5. The molecule has 0 aliphatic heterocycles. The lowest BCUT2D eigenvalue weighted by Crippen LogP contribution is -2.39. The van der Waals surface area contributed by atoms with Gasteiger partial charge >= 0.3 is 0 Å². The van der Waals surface area contributed by atoms with E-state index in [0.29, 0.717) is 11.4 Å². The molecule has 0 fully saturated rings. The van der Waals surface area contributed by atoms with Crippen LogP contribution in [-0.4, -0.2) is 8.42 Å². The Balaban J connectivity index is 0.00000208. The monoisotopic (exact) mass is 404 g/mol. The highest BCUT2D eigenvalue weighted by molar-refractivity contribution is 8.93. The van der Waals surface area contributed by atoms with E-state index in [-0.39, 0.29) is 22.7 Å². The molecule has 0 saturated carbocycles. The summed E-state index contributed by atoms with van der Waals surface area (Å²) in [4.78, 5) is 0.357. The molecule has 0 spiro atoms. The van der Waals surface area contributed by atoms with Gasteiger partial charge < -0.3 is 0 Å².